The second-order valence-corrected chi connectivity index (χ2v) is 9.31. The van der Waals surface area contributed by atoms with Crippen LogP contribution in [0.25, 0.3) is 0 Å². The molecular weight excluding hydrogens is 418 g/mol. The number of benzene rings is 2. The number of hydrogen-bond donors (Lipinski definition) is 2. The van der Waals surface area contributed by atoms with Crippen molar-refractivity contribution >= 4 is 27.5 Å². The fraction of sp³-hybridized carbons (Fsp3) is 0.364. The van der Waals surface area contributed by atoms with E-state index in [1.807, 2.05) is 30.3 Å². The Morgan fingerprint density at radius 3 is 2.26 bits per heavy atom. The smallest absolute Gasteiger partial charge is 0.253 e. The van der Waals surface area contributed by atoms with Crippen molar-refractivity contribution in [3.63, 3.8) is 0 Å². The van der Waals surface area contributed by atoms with Crippen LogP contribution in [0.4, 0.5) is 5.69 Å². The maximum absolute atomic E-state index is 12.6. The van der Waals surface area contributed by atoms with Crippen molar-refractivity contribution in [1.29, 1.82) is 0 Å². The Morgan fingerprint density at radius 2 is 1.65 bits per heavy atom. The topological polar surface area (TPSA) is 105 Å². The maximum Gasteiger partial charge on any atom is 0.253 e. The van der Waals surface area contributed by atoms with Gasteiger partial charge in [-0.25, -0.2) is 13.9 Å². The first-order valence-electron chi connectivity index (χ1n) is 10.0. The first-order valence-corrected chi connectivity index (χ1v) is 11.4. The van der Waals surface area contributed by atoms with Gasteiger partial charge in [-0.05, 0) is 37.6 Å². The molecule has 0 radical (unpaired) electrons. The van der Waals surface area contributed by atoms with Gasteiger partial charge in [-0.1, -0.05) is 50.2 Å². The Morgan fingerprint density at radius 1 is 1.00 bits per heavy atom. The van der Waals surface area contributed by atoms with Crippen LogP contribution in [0.1, 0.15) is 33.3 Å². The Balaban J connectivity index is 1.94. The fourth-order valence-corrected chi connectivity index (χ4v) is 4.43. The molecule has 2 rings (SSSR count). The van der Waals surface area contributed by atoms with Crippen LogP contribution in [-0.4, -0.2) is 44.2 Å². The van der Waals surface area contributed by atoms with Gasteiger partial charge in [-0.2, -0.15) is 4.31 Å². The second kappa shape index (κ2) is 10.5. The minimum Gasteiger partial charge on any atom is -0.324 e. The second-order valence-electron chi connectivity index (χ2n) is 7.38. The van der Waals surface area contributed by atoms with Gasteiger partial charge in [0.15, 0.2) is 6.61 Å². The summed E-state index contributed by atoms with van der Waals surface area (Å²) in [6.45, 7) is 7.30. The van der Waals surface area contributed by atoms with Gasteiger partial charge in [0, 0.05) is 18.8 Å². The molecule has 0 bridgehead atoms. The Hall–Kier alpha value is -2.75. The largest absolute Gasteiger partial charge is 0.324 e. The number of amides is 2. The molecule has 2 amide bonds. The van der Waals surface area contributed by atoms with Crippen LogP contribution in [0.2, 0.25) is 0 Å². The van der Waals surface area contributed by atoms with E-state index in [0.717, 1.165) is 5.56 Å². The van der Waals surface area contributed by atoms with E-state index in [2.05, 4.69) is 10.8 Å². The average Bonchev–Trinajstić information content (AvgIpc) is 2.75. The molecule has 8 nitrogen and oxygen atoms in total. The van der Waals surface area contributed by atoms with Gasteiger partial charge >= 0.3 is 0 Å². The molecule has 0 spiro atoms. The van der Waals surface area contributed by atoms with E-state index in [9.17, 15) is 18.0 Å². The van der Waals surface area contributed by atoms with E-state index in [4.69, 9.17) is 4.84 Å². The van der Waals surface area contributed by atoms with Gasteiger partial charge in [0.1, 0.15) is 0 Å². The van der Waals surface area contributed by atoms with Crippen LogP contribution in [-0.2, 0) is 29.9 Å². The molecule has 0 aliphatic rings. The Bertz CT molecular complexity index is 1000. The summed E-state index contributed by atoms with van der Waals surface area (Å²) in [6, 6.07) is 15.2. The lowest BCUT2D eigenvalue weighted by molar-refractivity contribution is -0.141. The van der Waals surface area contributed by atoms with Gasteiger partial charge < -0.3 is 5.32 Å². The molecule has 0 aliphatic carbocycles. The van der Waals surface area contributed by atoms with Crippen LogP contribution in [0.3, 0.4) is 0 Å². The number of anilines is 1. The van der Waals surface area contributed by atoms with Gasteiger partial charge in [-0.15, -0.1) is 0 Å². The third kappa shape index (κ3) is 6.13. The van der Waals surface area contributed by atoms with Crippen LogP contribution in [0.15, 0.2) is 59.5 Å². The normalized spacial score (nSPS) is 11.9. The highest BCUT2D eigenvalue weighted by atomic mass is 32.2. The van der Waals surface area contributed by atoms with E-state index < -0.39 is 28.0 Å². The number of carbonyl (C=O) groups excluding carboxylic acids is 2. The lowest BCUT2D eigenvalue weighted by Crippen LogP contribution is -2.41. The molecule has 0 aromatic heterocycles. The highest BCUT2D eigenvalue weighted by molar-refractivity contribution is 7.89. The van der Waals surface area contributed by atoms with Gasteiger partial charge in [0.05, 0.1) is 10.3 Å². The summed E-state index contributed by atoms with van der Waals surface area (Å²) in [7, 11) is -3.64. The molecule has 2 N–H and O–H groups in total. The number of carbonyl (C=O) groups is 2. The molecule has 0 unspecified atom stereocenters. The van der Waals surface area contributed by atoms with E-state index in [-0.39, 0.29) is 10.8 Å². The Labute approximate surface area is 183 Å². The van der Waals surface area contributed by atoms with E-state index in [0.29, 0.717) is 18.8 Å². The molecule has 2 aromatic carbocycles. The minimum atomic E-state index is -3.64. The summed E-state index contributed by atoms with van der Waals surface area (Å²) in [6.07, 6.45) is 0. The van der Waals surface area contributed by atoms with Crippen molar-refractivity contribution < 1.29 is 22.8 Å². The summed E-state index contributed by atoms with van der Waals surface area (Å²) in [5.41, 5.74) is 2.59. The Kier molecular flexibility index (Phi) is 8.32. The molecule has 0 atom stereocenters. The highest BCUT2D eigenvalue weighted by Gasteiger charge is 2.30. The molecule has 0 aliphatic heterocycles. The van der Waals surface area contributed by atoms with Crippen molar-refractivity contribution in [2.45, 2.75) is 38.0 Å². The number of hydroxylamine groups is 1. The monoisotopic (exact) mass is 447 g/mol. The number of nitrogens with zero attached hydrogens (tertiary/aromatic N) is 1. The molecule has 0 saturated carbocycles. The summed E-state index contributed by atoms with van der Waals surface area (Å²) >= 11 is 0. The molecular formula is C22H29N3O5S. The molecule has 31 heavy (non-hydrogen) atoms. The van der Waals surface area contributed by atoms with Crippen molar-refractivity contribution in [2.24, 2.45) is 0 Å². The molecule has 0 saturated heterocycles. The van der Waals surface area contributed by atoms with Crippen molar-refractivity contribution in [3.05, 3.63) is 60.2 Å². The molecule has 2 aromatic rings. The van der Waals surface area contributed by atoms with E-state index in [1.54, 1.807) is 39.8 Å². The summed E-state index contributed by atoms with van der Waals surface area (Å²) in [4.78, 5) is 29.8. The van der Waals surface area contributed by atoms with Crippen LogP contribution >= 0.6 is 0 Å². The highest BCUT2D eigenvalue weighted by Crippen LogP contribution is 2.23. The molecule has 0 heterocycles. The average molecular weight is 448 g/mol. The first kappa shape index (κ1) is 24.5. The van der Waals surface area contributed by atoms with Crippen LogP contribution in [0, 0.1) is 0 Å². The zero-order valence-corrected chi connectivity index (χ0v) is 19.0. The third-order valence-corrected chi connectivity index (χ3v) is 6.94. The summed E-state index contributed by atoms with van der Waals surface area (Å²) < 4.78 is 26.6. The zero-order valence-electron chi connectivity index (χ0n) is 18.2. The lowest BCUT2D eigenvalue weighted by atomic mass is 9.84. The van der Waals surface area contributed by atoms with Crippen LogP contribution < -0.4 is 10.8 Å². The number of hydrogen-bond acceptors (Lipinski definition) is 5. The SMILES string of the molecule is CCN(CC)S(=O)(=O)c1cccc(NC(=O)CONC(=O)C(C)(C)c2ccccc2)c1. The molecule has 9 heteroatoms. The number of sulfonamides is 1. The fourth-order valence-electron chi connectivity index (χ4n) is 2.92. The standard InChI is InChI=1S/C22H29N3O5S/c1-5-25(6-2)31(28,29)19-14-10-13-18(15-19)23-20(26)16-30-24-21(27)22(3,4)17-11-8-7-9-12-17/h7-15H,5-6,16H2,1-4H3,(H,23,26)(H,24,27). The molecule has 168 valence electrons. The zero-order chi connectivity index (χ0) is 23.1. The number of nitrogens with one attached hydrogen (secondary N) is 2. The van der Waals surface area contributed by atoms with E-state index in [1.165, 1.54) is 16.4 Å². The van der Waals surface area contributed by atoms with Crippen molar-refractivity contribution in [3.8, 4) is 0 Å². The number of rotatable bonds is 10. The minimum absolute atomic E-state index is 0.0906. The van der Waals surface area contributed by atoms with Gasteiger partial charge in [0.2, 0.25) is 10.0 Å². The predicted octanol–water partition coefficient (Wildman–Crippen LogP) is 2.68. The van der Waals surface area contributed by atoms with Crippen molar-refractivity contribution in [1.82, 2.24) is 9.79 Å². The van der Waals surface area contributed by atoms with E-state index >= 15 is 0 Å². The van der Waals surface area contributed by atoms with Crippen molar-refractivity contribution in [2.75, 3.05) is 25.0 Å². The molecule has 0 fully saturated rings. The van der Waals surface area contributed by atoms with Gasteiger partial charge in [-0.3, -0.25) is 14.4 Å². The quantitative estimate of drug-likeness (QED) is 0.545. The summed E-state index contributed by atoms with van der Waals surface area (Å²) in [5.74, 6) is -0.922. The first-order chi connectivity index (χ1) is 14.6. The maximum atomic E-state index is 12.6. The predicted molar refractivity (Wildman–Crippen MR) is 119 cm³/mol. The third-order valence-electron chi connectivity index (χ3n) is 4.89. The van der Waals surface area contributed by atoms with Crippen LogP contribution in [0.5, 0.6) is 0 Å². The van der Waals surface area contributed by atoms with Gasteiger partial charge in [0.25, 0.3) is 11.8 Å². The summed E-state index contributed by atoms with van der Waals surface area (Å²) in [5, 5.41) is 2.58. The lowest BCUT2D eigenvalue weighted by Gasteiger charge is -2.23.